The summed E-state index contributed by atoms with van der Waals surface area (Å²) in [5.74, 6) is 0. The summed E-state index contributed by atoms with van der Waals surface area (Å²) in [5.41, 5.74) is 3.48. The van der Waals surface area contributed by atoms with Crippen LogP contribution in [0.3, 0.4) is 0 Å². The van der Waals surface area contributed by atoms with E-state index in [4.69, 9.17) is 0 Å². The van der Waals surface area contributed by atoms with Crippen molar-refractivity contribution in [1.82, 2.24) is 0 Å². The Morgan fingerprint density at radius 1 is 0.929 bits per heavy atom. The Kier molecular flexibility index (Phi) is 1.76. The van der Waals surface area contributed by atoms with E-state index in [2.05, 4.69) is 36.5 Å². The van der Waals surface area contributed by atoms with E-state index in [1.165, 1.54) is 31.3 Å². The Bertz CT molecular complexity index is 357. The molecule has 3 aliphatic rings. The molecular weight excluding hydrogens is 168 g/mol. The molecule has 0 nitrogen and oxygen atoms in total. The molecule has 3 aliphatic carbocycles. The summed E-state index contributed by atoms with van der Waals surface area (Å²) in [6, 6.07) is 0. The van der Waals surface area contributed by atoms with Crippen molar-refractivity contribution in [2.24, 2.45) is 5.41 Å². The van der Waals surface area contributed by atoms with Gasteiger partial charge in [0, 0.05) is 5.41 Å². The summed E-state index contributed by atoms with van der Waals surface area (Å²) >= 11 is 0. The number of hydrogen-bond acceptors (Lipinski definition) is 0. The van der Waals surface area contributed by atoms with Crippen molar-refractivity contribution < 1.29 is 0 Å². The molecule has 0 heterocycles. The highest BCUT2D eigenvalue weighted by Gasteiger charge is 2.37. The van der Waals surface area contributed by atoms with Crippen molar-refractivity contribution >= 4 is 0 Å². The van der Waals surface area contributed by atoms with Crippen molar-refractivity contribution in [1.29, 1.82) is 0 Å². The van der Waals surface area contributed by atoms with Crippen LogP contribution in [-0.4, -0.2) is 0 Å². The van der Waals surface area contributed by atoms with Gasteiger partial charge >= 0.3 is 0 Å². The molecule has 0 aliphatic heterocycles. The van der Waals surface area contributed by atoms with Crippen molar-refractivity contribution in [3.8, 4) is 0 Å². The SMILES string of the molecule is C1=CC2=C(C=CC1)C1(C=C2)CCCC1. The van der Waals surface area contributed by atoms with Crippen LogP contribution in [0.15, 0.2) is 47.6 Å². The van der Waals surface area contributed by atoms with Crippen LogP contribution < -0.4 is 0 Å². The Morgan fingerprint density at radius 3 is 2.57 bits per heavy atom. The van der Waals surface area contributed by atoms with Gasteiger partial charge in [-0.3, -0.25) is 0 Å². The highest BCUT2D eigenvalue weighted by molar-refractivity contribution is 5.53. The fourth-order valence-corrected chi connectivity index (χ4v) is 3.03. The predicted molar refractivity (Wildman–Crippen MR) is 60.0 cm³/mol. The third-order valence-corrected chi connectivity index (χ3v) is 3.78. The third-order valence-electron chi connectivity index (χ3n) is 3.78. The van der Waals surface area contributed by atoms with Gasteiger partial charge in [-0.05, 0) is 30.4 Å². The zero-order valence-corrected chi connectivity index (χ0v) is 8.50. The second-order valence-electron chi connectivity index (χ2n) is 4.61. The van der Waals surface area contributed by atoms with Crippen LogP contribution in [-0.2, 0) is 0 Å². The molecule has 0 radical (unpaired) electrons. The molecule has 14 heavy (non-hydrogen) atoms. The van der Waals surface area contributed by atoms with Crippen molar-refractivity contribution in [3.63, 3.8) is 0 Å². The van der Waals surface area contributed by atoms with E-state index in [1.54, 1.807) is 5.57 Å². The maximum atomic E-state index is 2.45. The van der Waals surface area contributed by atoms with Gasteiger partial charge in [-0.1, -0.05) is 49.3 Å². The molecule has 1 saturated carbocycles. The first-order chi connectivity index (χ1) is 6.91. The fraction of sp³-hybridized carbons (Fsp3) is 0.429. The minimum Gasteiger partial charge on any atom is -0.0804 e. The number of allylic oxidation sites excluding steroid dienone is 8. The van der Waals surface area contributed by atoms with Gasteiger partial charge in [0.25, 0.3) is 0 Å². The van der Waals surface area contributed by atoms with Gasteiger partial charge in [0.2, 0.25) is 0 Å². The summed E-state index contributed by atoms with van der Waals surface area (Å²) in [6.07, 6.45) is 20.6. The molecule has 0 amide bonds. The third kappa shape index (κ3) is 1.06. The Labute approximate surface area is 85.7 Å². The lowest BCUT2D eigenvalue weighted by Gasteiger charge is -2.23. The van der Waals surface area contributed by atoms with Gasteiger partial charge in [0.05, 0.1) is 0 Å². The molecule has 0 bridgehead atoms. The van der Waals surface area contributed by atoms with Crippen molar-refractivity contribution in [3.05, 3.63) is 47.6 Å². The van der Waals surface area contributed by atoms with Gasteiger partial charge < -0.3 is 0 Å². The maximum Gasteiger partial charge on any atom is 0.0141 e. The molecule has 0 aromatic heterocycles. The van der Waals surface area contributed by atoms with Crippen LogP contribution >= 0.6 is 0 Å². The summed E-state index contributed by atoms with van der Waals surface area (Å²) < 4.78 is 0. The van der Waals surface area contributed by atoms with Gasteiger partial charge in [-0.2, -0.15) is 0 Å². The fourth-order valence-electron chi connectivity index (χ4n) is 3.03. The Morgan fingerprint density at radius 2 is 1.71 bits per heavy atom. The highest BCUT2D eigenvalue weighted by atomic mass is 14.4. The van der Waals surface area contributed by atoms with Gasteiger partial charge in [-0.25, -0.2) is 0 Å². The number of hydrogen-bond donors (Lipinski definition) is 0. The van der Waals surface area contributed by atoms with Crippen LogP contribution in [0.5, 0.6) is 0 Å². The van der Waals surface area contributed by atoms with E-state index in [9.17, 15) is 0 Å². The lowest BCUT2D eigenvalue weighted by atomic mass is 9.80. The van der Waals surface area contributed by atoms with E-state index >= 15 is 0 Å². The van der Waals surface area contributed by atoms with Crippen LogP contribution in [0.2, 0.25) is 0 Å². The molecule has 3 rings (SSSR count). The standard InChI is InChI=1S/C14H16/c1-2-6-12-8-11-14(9-4-5-10-14)13(12)7-3-1/h2-3,6-8,11H,1,4-5,9-10H2. The van der Waals surface area contributed by atoms with Crippen LogP contribution in [0, 0.1) is 5.41 Å². The summed E-state index contributed by atoms with van der Waals surface area (Å²) in [4.78, 5) is 0. The minimum absolute atomic E-state index is 0.431. The van der Waals surface area contributed by atoms with Gasteiger partial charge in [0.1, 0.15) is 0 Å². The van der Waals surface area contributed by atoms with Gasteiger partial charge in [-0.15, -0.1) is 0 Å². The molecular formula is C14H16. The number of fused-ring (bicyclic) bond motifs is 1. The molecule has 0 saturated heterocycles. The van der Waals surface area contributed by atoms with E-state index in [0.717, 1.165) is 6.42 Å². The predicted octanol–water partition coefficient (Wildman–Crippen LogP) is 3.93. The minimum atomic E-state index is 0.431. The van der Waals surface area contributed by atoms with E-state index in [0.29, 0.717) is 5.41 Å². The highest BCUT2D eigenvalue weighted by Crippen LogP contribution is 2.51. The average molecular weight is 184 g/mol. The summed E-state index contributed by atoms with van der Waals surface area (Å²) in [5, 5.41) is 0. The maximum absolute atomic E-state index is 2.45. The quantitative estimate of drug-likeness (QED) is 0.535. The molecule has 1 fully saturated rings. The smallest absolute Gasteiger partial charge is 0.0141 e. The molecule has 0 atom stereocenters. The Hall–Kier alpha value is -1.04. The lowest BCUT2D eigenvalue weighted by Crippen LogP contribution is -2.12. The van der Waals surface area contributed by atoms with E-state index in [-0.39, 0.29) is 0 Å². The first-order valence-corrected chi connectivity index (χ1v) is 5.68. The molecule has 72 valence electrons. The first kappa shape index (κ1) is 8.28. The van der Waals surface area contributed by atoms with E-state index < -0.39 is 0 Å². The molecule has 0 aromatic carbocycles. The average Bonchev–Trinajstić information content (AvgIpc) is 2.72. The molecule has 0 N–H and O–H groups in total. The summed E-state index contributed by atoms with van der Waals surface area (Å²) in [6.45, 7) is 0. The summed E-state index contributed by atoms with van der Waals surface area (Å²) in [7, 11) is 0. The van der Waals surface area contributed by atoms with Crippen molar-refractivity contribution in [2.75, 3.05) is 0 Å². The topological polar surface area (TPSA) is 0 Å². The van der Waals surface area contributed by atoms with E-state index in [1.807, 2.05) is 0 Å². The van der Waals surface area contributed by atoms with Crippen LogP contribution in [0.25, 0.3) is 0 Å². The molecule has 0 unspecified atom stereocenters. The molecule has 1 spiro atoms. The second-order valence-corrected chi connectivity index (χ2v) is 4.61. The van der Waals surface area contributed by atoms with Gasteiger partial charge in [0.15, 0.2) is 0 Å². The molecule has 0 aromatic rings. The Balaban J connectivity index is 2.08. The largest absolute Gasteiger partial charge is 0.0804 e. The first-order valence-electron chi connectivity index (χ1n) is 5.68. The monoisotopic (exact) mass is 184 g/mol. The number of rotatable bonds is 0. The second kappa shape index (κ2) is 2.98. The molecule has 0 heteroatoms. The zero-order chi connectivity index (χ0) is 9.43. The van der Waals surface area contributed by atoms with Crippen LogP contribution in [0.4, 0.5) is 0 Å². The lowest BCUT2D eigenvalue weighted by molar-refractivity contribution is 0.497. The van der Waals surface area contributed by atoms with Crippen molar-refractivity contribution in [2.45, 2.75) is 32.1 Å². The van der Waals surface area contributed by atoms with Crippen LogP contribution in [0.1, 0.15) is 32.1 Å². The zero-order valence-electron chi connectivity index (χ0n) is 8.50. The normalized spacial score (nSPS) is 27.4.